The molecule has 6 heteroatoms. The van der Waals surface area contributed by atoms with Gasteiger partial charge in [-0.15, -0.1) is 11.8 Å². The largest absolute Gasteiger partial charge is 0.440 e. The minimum atomic E-state index is -3.67. The van der Waals surface area contributed by atoms with Crippen LogP contribution in [-0.2, 0) is 10.0 Å². The molecule has 16 heavy (non-hydrogen) atoms. The topological polar surface area (TPSA) is 76.4 Å². The van der Waals surface area contributed by atoms with E-state index in [0.29, 0.717) is 12.7 Å². The summed E-state index contributed by atoms with van der Waals surface area (Å²) < 4.78 is 30.2. The Labute approximate surface area is 93.9 Å². The number of carbonyl (C=O) groups excluding carboxylic acids is 1. The number of furan rings is 1. The minimum Gasteiger partial charge on any atom is -0.440 e. The van der Waals surface area contributed by atoms with Crippen molar-refractivity contribution in [2.24, 2.45) is 0 Å². The first-order chi connectivity index (χ1) is 7.60. The summed E-state index contributed by atoms with van der Waals surface area (Å²) in [6, 6.07) is 2.53. The maximum absolute atomic E-state index is 11.6. The van der Waals surface area contributed by atoms with Gasteiger partial charge in [0.25, 0.3) is 10.0 Å². The van der Waals surface area contributed by atoms with Crippen molar-refractivity contribution >= 4 is 16.3 Å². The highest BCUT2D eigenvalue weighted by Crippen LogP contribution is 2.11. The zero-order valence-electron chi connectivity index (χ0n) is 8.69. The van der Waals surface area contributed by atoms with E-state index in [1.54, 1.807) is 6.92 Å². The third-order valence-corrected chi connectivity index (χ3v) is 3.04. The van der Waals surface area contributed by atoms with Gasteiger partial charge >= 0.3 is 0 Å². The van der Waals surface area contributed by atoms with Gasteiger partial charge in [-0.3, -0.25) is 4.79 Å². The Hall–Kier alpha value is -1.58. The Morgan fingerprint density at radius 1 is 1.50 bits per heavy atom. The third-order valence-electron chi connectivity index (χ3n) is 1.70. The van der Waals surface area contributed by atoms with Crippen molar-refractivity contribution in [1.82, 2.24) is 4.72 Å². The van der Waals surface area contributed by atoms with Crippen LogP contribution in [0.5, 0.6) is 0 Å². The quantitative estimate of drug-likeness (QED) is 0.469. The van der Waals surface area contributed by atoms with Crippen molar-refractivity contribution in [3.05, 3.63) is 17.9 Å². The van der Waals surface area contributed by atoms with Crippen LogP contribution in [0.2, 0.25) is 0 Å². The van der Waals surface area contributed by atoms with Gasteiger partial charge in [0.2, 0.25) is 5.09 Å². The standard InChI is InChI=1S/C10H11NO4S/c1-2-3-4-7-11-16(13,14)10-6-5-9(8-12)15-10/h5-6,8,11H,4,7H2,1H3. The van der Waals surface area contributed by atoms with Gasteiger partial charge in [-0.05, 0) is 19.1 Å². The smallest absolute Gasteiger partial charge is 0.274 e. The molecule has 0 aliphatic rings. The molecule has 5 nitrogen and oxygen atoms in total. The fourth-order valence-corrected chi connectivity index (χ4v) is 1.95. The second kappa shape index (κ2) is 5.49. The predicted molar refractivity (Wildman–Crippen MR) is 57.4 cm³/mol. The molecule has 0 saturated heterocycles. The molecule has 0 aromatic carbocycles. The van der Waals surface area contributed by atoms with E-state index >= 15 is 0 Å². The van der Waals surface area contributed by atoms with Gasteiger partial charge in [0.15, 0.2) is 12.0 Å². The van der Waals surface area contributed by atoms with Crippen LogP contribution in [0.15, 0.2) is 21.6 Å². The molecule has 0 unspecified atom stereocenters. The molecule has 0 fully saturated rings. The van der Waals surface area contributed by atoms with Gasteiger partial charge in [0.1, 0.15) is 0 Å². The summed E-state index contributed by atoms with van der Waals surface area (Å²) in [7, 11) is -3.67. The SMILES string of the molecule is CC#CCCNS(=O)(=O)c1ccc(C=O)o1. The molecule has 1 aromatic heterocycles. The molecule has 0 atom stereocenters. The first-order valence-corrected chi connectivity index (χ1v) is 6.03. The molecule has 1 heterocycles. The molecular formula is C10H11NO4S. The van der Waals surface area contributed by atoms with Crippen molar-refractivity contribution in [3.63, 3.8) is 0 Å². The molecule has 1 aromatic rings. The van der Waals surface area contributed by atoms with Gasteiger partial charge in [0, 0.05) is 13.0 Å². The predicted octanol–water partition coefficient (Wildman–Crippen LogP) is 0.784. The number of hydrogen-bond acceptors (Lipinski definition) is 4. The molecule has 1 N–H and O–H groups in total. The van der Waals surface area contributed by atoms with E-state index in [1.807, 2.05) is 0 Å². The second-order valence-corrected chi connectivity index (χ2v) is 4.55. The van der Waals surface area contributed by atoms with Crippen LogP contribution >= 0.6 is 0 Å². The van der Waals surface area contributed by atoms with Gasteiger partial charge in [0.05, 0.1) is 0 Å². The normalized spacial score (nSPS) is 10.6. The van der Waals surface area contributed by atoms with E-state index in [-0.39, 0.29) is 17.4 Å². The molecular weight excluding hydrogens is 230 g/mol. The van der Waals surface area contributed by atoms with Gasteiger partial charge in [-0.2, -0.15) is 0 Å². The number of aldehydes is 1. The Kier molecular flexibility index (Phi) is 4.28. The van der Waals surface area contributed by atoms with Gasteiger partial charge in [-0.1, -0.05) is 0 Å². The summed E-state index contributed by atoms with van der Waals surface area (Å²) >= 11 is 0. The highest BCUT2D eigenvalue weighted by atomic mass is 32.2. The molecule has 0 radical (unpaired) electrons. The van der Waals surface area contributed by atoms with E-state index in [4.69, 9.17) is 4.42 Å². The van der Waals surface area contributed by atoms with Crippen LogP contribution in [0.1, 0.15) is 23.9 Å². The Morgan fingerprint density at radius 3 is 2.81 bits per heavy atom. The van der Waals surface area contributed by atoms with E-state index in [2.05, 4.69) is 16.6 Å². The first kappa shape index (κ1) is 12.5. The molecule has 1 rings (SSSR count). The number of carbonyl (C=O) groups is 1. The second-order valence-electron chi connectivity index (χ2n) is 2.85. The van der Waals surface area contributed by atoms with Crippen molar-refractivity contribution < 1.29 is 17.6 Å². The van der Waals surface area contributed by atoms with Crippen LogP contribution in [0.25, 0.3) is 0 Å². The van der Waals surface area contributed by atoms with E-state index in [0.717, 1.165) is 0 Å². The molecule has 86 valence electrons. The maximum atomic E-state index is 11.6. The molecule has 0 amide bonds. The zero-order valence-corrected chi connectivity index (χ0v) is 9.50. The summed E-state index contributed by atoms with van der Waals surface area (Å²) in [6.45, 7) is 1.89. The number of rotatable bonds is 5. The fourth-order valence-electron chi connectivity index (χ4n) is 0.986. The van der Waals surface area contributed by atoms with Gasteiger partial charge < -0.3 is 4.42 Å². The molecule has 0 spiro atoms. The maximum Gasteiger partial charge on any atom is 0.274 e. The lowest BCUT2D eigenvalue weighted by Gasteiger charge is -2.00. The van der Waals surface area contributed by atoms with Crippen molar-refractivity contribution in [2.75, 3.05) is 6.54 Å². The van der Waals surface area contributed by atoms with Crippen LogP contribution in [0.4, 0.5) is 0 Å². The average molecular weight is 241 g/mol. The minimum absolute atomic E-state index is 0.0197. The molecule has 0 aliphatic heterocycles. The van der Waals surface area contributed by atoms with E-state index in [1.165, 1.54) is 12.1 Å². The molecule has 0 saturated carbocycles. The fraction of sp³-hybridized carbons (Fsp3) is 0.300. The molecule has 0 bridgehead atoms. The van der Waals surface area contributed by atoms with Crippen LogP contribution in [-0.4, -0.2) is 21.2 Å². The van der Waals surface area contributed by atoms with Crippen molar-refractivity contribution in [3.8, 4) is 11.8 Å². The van der Waals surface area contributed by atoms with Gasteiger partial charge in [-0.25, -0.2) is 13.1 Å². The monoisotopic (exact) mass is 241 g/mol. The van der Waals surface area contributed by atoms with Crippen molar-refractivity contribution in [2.45, 2.75) is 18.4 Å². The Morgan fingerprint density at radius 2 is 2.25 bits per heavy atom. The number of sulfonamides is 1. The van der Waals surface area contributed by atoms with E-state index < -0.39 is 10.0 Å². The van der Waals surface area contributed by atoms with Crippen LogP contribution in [0.3, 0.4) is 0 Å². The highest BCUT2D eigenvalue weighted by molar-refractivity contribution is 7.89. The highest BCUT2D eigenvalue weighted by Gasteiger charge is 2.17. The Bertz CT molecular complexity index is 519. The average Bonchev–Trinajstić information content (AvgIpc) is 2.73. The lowest BCUT2D eigenvalue weighted by Crippen LogP contribution is -2.24. The Balaban J connectivity index is 2.69. The summed E-state index contributed by atoms with van der Waals surface area (Å²) in [5, 5.41) is -0.265. The lowest BCUT2D eigenvalue weighted by molar-refractivity contribution is 0.109. The summed E-state index contributed by atoms with van der Waals surface area (Å²) in [4.78, 5) is 10.3. The lowest BCUT2D eigenvalue weighted by atomic mass is 10.4. The van der Waals surface area contributed by atoms with E-state index in [9.17, 15) is 13.2 Å². The molecule has 0 aliphatic carbocycles. The summed E-state index contributed by atoms with van der Waals surface area (Å²) in [5.41, 5.74) is 0. The number of nitrogens with one attached hydrogen (secondary N) is 1. The third kappa shape index (κ3) is 3.22. The van der Waals surface area contributed by atoms with Crippen LogP contribution in [0, 0.1) is 11.8 Å². The zero-order chi connectivity index (χ0) is 12.0. The number of hydrogen-bond donors (Lipinski definition) is 1. The first-order valence-electron chi connectivity index (χ1n) is 4.54. The van der Waals surface area contributed by atoms with Crippen LogP contribution < -0.4 is 4.72 Å². The summed E-state index contributed by atoms with van der Waals surface area (Å²) in [6.07, 6.45) is 0.874. The van der Waals surface area contributed by atoms with Crippen molar-refractivity contribution in [1.29, 1.82) is 0 Å². The summed E-state index contributed by atoms with van der Waals surface area (Å²) in [5.74, 6) is 5.36.